The second-order valence-electron chi connectivity index (χ2n) is 22.8. The maximum Gasteiger partial charge on any atom is 0.137 e. The molecule has 4 heteroatoms. The van der Waals surface area contributed by atoms with Crippen LogP contribution in [0.2, 0.25) is 0 Å². The van der Waals surface area contributed by atoms with Gasteiger partial charge in [0.2, 0.25) is 0 Å². The summed E-state index contributed by atoms with van der Waals surface area (Å²) in [6.07, 6.45) is 0. The molecule has 2 aliphatic carbocycles. The number of hydrogen-bond acceptors (Lipinski definition) is 4. The van der Waals surface area contributed by atoms with Crippen LogP contribution in [0.1, 0.15) is 49.9 Å². The highest BCUT2D eigenvalue weighted by molar-refractivity contribution is 6.24. The number of rotatable bonds is 8. The van der Waals surface area contributed by atoms with E-state index in [4.69, 9.17) is 9.15 Å². The Morgan fingerprint density at radius 3 is 1.31 bits per heavy atom. The van der Waals surface area contributed by atoms with Crippen molar-refractivity contribution in [3.8, 4) is 67.1 Å². The second kappa shape index (κ2) is 17.3. The van der Waals surface area contributed by atoms with Crippen LogP contribution in [0.15, 0.2) is 259 Å². The van der Waals surface area contributed by atoms with E-state index in [1.54, 1.807) is 0 Å². The lowest BCUT2D eigenvalue weighted by Gasteiger charge is -2.28. The molecule has 12 aromatic carbocycles. The fourth-order valence-corrected chi connectivity index (χ4v) is 13.6. The first-order chi connectivity index (χ1) is 39.2. The van der Waals surface area contributed by atoms with E-state index in [2.05, 4.69) is 292 Å². The lowest BCUT2D eigenvalue weighted by Crippen LogP contribution is -2.14. The molecule has 1 aromatic heterocycles. The molecule has 1 aliphatic heterocycles. The van der Waals surface area contributed by atoms with E-state index in [1.165, 1.54) is 66.8 Å². The van der Waals surface area contributed by atoms with Crippen molar-refractivity contribution in [3.05, 3.63) is 277 Å². The minimum atomic E-state index is -0.0627. The molecule has 380 valence electrons. The van der Waals surface area contributed by atoms with E-state index >= 15 is 0 Å². The Hall–Kier alpha value is -9.90. The van der Waals surface area contributed by atoms with Crippen LogP contribution in [0.25, 0.3) is 88.3 Å². The molecule has 0 saturated heterocycles. The van der Waals surface area contributed by atoms with Crippen molar-refractivity contribution >= 4 is 66.8 Å². The molecule has 0 bridgehead atoms. The van der Waals surface area contributed by atoms with E-state index < -0.39 is 0 Å². The minimum Gasteiger partial charge on any atom is -0.456 e. The van der Waals surface area contributed by atoms with E-state index in [0.29, 0.717) is 0 Å². The number of anilines is 6. The van der Waals surface area contributed by atoms with Crippen molar-refractivity contribution in [1.82, 2.24) is 0 Å². The summed E-state index contributed by atoms with van der Waals surface area (Å²) < 4.78 is 14.0. The molecular formula is C76H54N2O2. The fourth-order valence-electron chi connectivity index (χ4n) is 13.6. The van der Waals surface area contributed by atoms with Gasteiger partial charge in [-0.2, -0.15) is 0 Å². The lowest BCUT2D eigenvalue weighted by atomic mass is 9.81. The Morgan fingerprint density at radius 2 is 0.738 bits per heavy atom. The molecule has 3 aliphatic rings. The van der Waals surface area contributed by atoms with Crippen LogP contribution >= 0.6 is 0 Å². The zero-order valence-corrected chi connectivity index (χ0v) is 45.0. The van der Waals surface area contributed by atoms with Gasteiger partial charge in [0.1, 0.15) is 22.7 Å². The highest BCUT2D eigenvalue weighted by atomic mass is 16.5. The van der Waals surface area contributed by atoms with Gasteiger partial charge in [0, 0.05) is 84.4 Å². The molecule has 0 atom stereocenters. The average Bonchev–Trinajstić information content (AvgIpc) is 4.18. The number of hydrogen-bond donors (Lipinski definition) is 0. The lowest BCUT2D eigenvalue weighted by molar-refractivity contribution is 0.487. The normalized spacial score (nSPS) is 13.8. The molecular weight excluding hydrogens is 973 g/mol. The number of ether oxygens (including phenoxy) is 1. The maximum absolute atomic E-state index is 6.99. The van der Waals surface area contributed by atoms with Gasteiger partial charge in [-0.25, -0.2) is 0 Å². The molecule has 13 aromatic rings. The van der Waals surface area contributed by atoms with Gasteiger partial charge in [0.25, 0.3) is 0 Å². The third-order valence-electron chi connectivity index (χ3n) is 17.6. The topological polar surface area (TPSA) is 28.9 Å². The number of fused-ring (bicyclic) bond motifs is 12. The van der Waals surface area contributed by atoms with Crippen molar-refractivity contribution in [2.45, 2.75) is 38.5 Å². The van der Waals surface area contributed by atoms with E-state index in [9.17, 15) is 0 Å². The molecule has 0 unspecified atom stereocenters. The van der Waals surface area contributed by atoms with Gasteiger partial charge < -0.3 is 19.0 Å². The smallest absolute Gasteiger partial charge is 0.137 e. The van der Waals surface area contributed by atoms with Gasteiger partial charge >= 0.3 is 0 Å². The van der Waals surface area contributed by atoms with E-state index in [-0.39, 0.29) is 10.8 Å². The van der Waals surface area contributed by atoms with Gasteiger partial charge in [-0.1, -0.05) is 173 Å². The van der Waals surface area contributed by atoms with Gasteiger partial charge in [-0.15, -0.1) is 0 Å². The van der Waals surface area contributed by atoms with Gasteiger partial charge in [-0.05, 0) is 169 Å². The first kappa shape index (κ1) is 46.2. The van der Waals surface area contributed by atoms with Gasteiger partial charge in [0.15, 0.2) is 0 Å². The van der Waals surface area contributed by atoms with Crippen LogP contribution in [-0.2, 0) is 10.8 Å². The highest BCUT2D eigenvalue weighted by Gasteiger charge is 2.37. The largest absolute Gasteiger partial charge is 0.456 e. The molecule has 0 amide bonds. The molecule has 16 rings (SSSR count). The minimum absolute atomic E-state index is 0.0614. The van der Waals surface area contributed by atoms with Crippen molar-refractivity contribution in [3.63, 3.8) is 0 Å². The van der Waals surface area contributed by atoms with Crippen molar-refractivity contribution in [2.24, 2.45) is 0 Å². The Labute approximate surface area is 466 Å². The van der Waals surface area contributed by atoms with Crippen molar-refractivity contribution in [1.29, 1.82) is 0 Å². The highest BCUT2D eigenvalue weighted by Crippen LogP contribution is 2.54. The molecule has 0 spiro atoms. The fraction of sp³-hybridized carbons (Fsp3) is 0.0789. The van der Waals surface area contributed by atoms with E-state index in [0.717, 1.165) is 89.5 Å². The first-order valence-electron chi connectivity index (χ1n) is 27.8. The van der Waals surface area contributed by atoms with Crippen molar-refractivity contribution < 1.29 is 9.15 Å². The summed E-state index contributed by atoms with van der Waals surface area (Å²) in [6, 6.07) is 92.6. The molecule has 0 radical (unpaired) electrons. The first-order valence-corrected chi connectivity index (χ1v) is 27.8. The molecule has 2 heterocycles. The number of furan rings is 1. The number of nitrogens with zero attached hydrogens (tertiary/aromatic N) is 2. The van der Waals surface area contributed by atoms with Crippen LogP contribution in [0, 0.1) is 0 Å². The molecule has 0 saturated carbocycles. The Kier molecular flexibility index (Phi) is 9.99. The summed E-state index contributed by atoms with van der Waals surface area (Å²) in [5.74, 6) is 1.63. The predicted octanol–water partition coefficient (Wildman–Crippen LogP) is 21.4. The molecule has 0 fully saturated rings. The molecule has 0 N–H and O–H groups in total. The molecule has 4 nitrogen and oxygen atoms in total. The Morgan fingerprint density at radius 1 is 0.275 bits per heavy atom. The second-order valence-corrected chi connectivity index (χ2v) is 22.8. The monoisotopic (exact) mass is 1030 g/mol. The summed E-state index contributed by atoms with van der Waals surface area (Å²) in [7, 11) is 0. The summed E-state index contributed by atoms with van der Waals surface area (Å²) >= 11 is 0. The Balaban J connectivity index is 0.741. The van der Waals surface area contributed by atoms with Gasteiger partial charge in [-0.3, -0.25) is 0 Å². The van der Waals surface area contributed by atoms with E-state index in [1.807, 2.05) is 0 Å². The standard InChI is InChI=1S/C76H54N2O2/c1-75(2)65-23-13-11-20-57(65)59-38-30-49(42-67(59)75)47-26-32-53(33-27-47)77(51-16-7-5-8-17-51)55-36-40-61-64-46-72-73(63-22-15-25-69(74(63)64)79-70(61)44-55)62-41-37-56(45-71(62)80-72)78(52-18-9-6-10-19-52)54-34-28-48(29-35-54)50-31-39-60-58-21-12-14-24-66(58)76(3,4)68(60)43-50/h5-46H,1-4H3. The quantitative estimate of drug-likeness (QED) is 0.152. The summed E-state index contributed by atoms with van der Waals surface area (Å²) in [5.41, 5.74) is 25.6. The number of para-hydroxylation sites is 2. The van der Waals surface area contributed by atoms with Crippen LogP contribution in [0.3, 0.4) is 0 Å². The Bertz CT molecular complexity index is 4670. The predicted molar refractivity (Wildman–Crippen MR) is 332 cm³/mol. The van der Waals surface area contributed by atoms with Crippen molar-refractivity contribution in [2.75, 3.05) is 9.80 Å². The molecule has 80 heavy (non-hydrogen) atoms. The maximum atomic E-state index is 6.99. The third kappa shape index (κ3) is 6.95. The average molecular weight is 1030 g/mol. The summed E-state index contributed by atoms with van der Waals surface area (Å²) in [5, 5.41) is 4.34. The van der Waals surface area contributed by atoms with Gasteiger partial charge in [0.05, 0.1) is 0 Å². The van der Waals surface area contributed by atoms with Crippen LogP contribution < -0.4 is 14.5 Å². The van der Waals surface area contributed by atoms with Crippen LogP contribution in [-0.4, -0.2) is 0 Å². The zero-order chi connectivity index (χ0) is 53.4. The summed E-state index contributed by atoms with van der Waals surface area (Å²) in [6.45, 7) is 9.37. The van der Waals surface area contributed by atoms with Crippen LogP contribution in [0.5, 0.6) is 11.5 Å². The SMILES string of the molecule is CC1(C)c2ccccc2-c2ccc(-c3ccc(N(c4ccccc4)c4ccc5c(c4)Oc4cccc6c4c-5cc4oc5cc(N(c7ccccc7)c7ccc(-c8ccc9c(c8)C(C)(C)c8ccccc8-9)cc7)ccc5c46)cc3)cc21. The van der Waals surface area contributed by atoms with Crippen LogP contribution in [0.4, 0.5) is 34.1 Å². The summed E-state index contributed by atoms with van der Waals surface area (Å²) in [4.78, 5) is 4.63. The number of benzene rings is 12. The zero-order valence-electron chi connectivity index (χ0n) is 45.0. The third-order valence-corrected chi connectivity index (χ3v) is 17.6.